The summed E-state index contributed by atoms with van der Waals surface area (Å²) in [6, 6.07) is 10.3. The number of halogens is 2. The quantitative estimate of drug-likeness (QED) is 0.235. The van der Waals surface area contributed by atoms with Crippen LogP contribution in [0.15, 0.2) is 58.8 Å². The minimum absolute atomic E-state index is 0.0447. The van der Waals surface area contributed by atoms with Crippen molar-refractivity contribution in [2.75, 3.05) is 27.3 Å². The number of hydrogen-bond acceptors (Lipinski definition) is 8. The van der Waals surface area contributed by atoms with Crippen LogP contribution in [-0.2, 0) is 31.9 Å². The van der Waals surface area contributed by atoms with E-state index in [1.54, 1.807) is 4.90 Å². The number of alkyl halides is 2. The van der Waals surface area contributed by atoms with Gasteiger partial charge in [0.05, 0.1) is 39.4 Å². The maximum Gasteiger partial charge on any atom is 0.407 e. The first-order valence-corrected chi connectivity index (χ1v) is 22.5. The smallest absolute Gasteiger partial charge is 0.407 e. The fourth-order valence-corrected chi connectivity index (χ4v) is 10.9. The molecule has 6 atom stereocenters. The van der Waals surface area contributed by atoms with Crippen molar-refractivity contribution in [3.63, 3.8) is 0 Å². The highest BCUT2D eigenvalue weighted by atomic mass is 19.1. The molecule has 2 aromatic carbocycles. The van der Waals surface area contributed by atoms with Crippen molar-refractivity contribution >= 4 is 46.6 Å². The van der Waals surface area contributed by atoms with E-state index in [2.05, 4.69) is 47.0 Å². The SMILES string of the molecule is COC(=O)N[C@H](C(=O)N1C[C@H](F)C[C@H]1C1=NC=C(c2ccc(-c3ccc(C4=CN=C([C@@H]5C[C@@H](F)CN5C(=O)[C@@H](NC(=O)OC)C(C)C)C4)c4c3CC3(CCCC3)C4)cc2)C1)C(C)C. The first-order chi connectivity index (χ1) is 30.2. The van der Waals surface area contributed by atoms with Gasteiger partial charge in [0.2, 0.25) is 11.8 Å². The summed E-state index contributed by atoms with van der Waals surface area (Å²) in [6.45, 7) is 7.25. The highest BCUT2D eigenvalue weighted by molar-refractivity contribution is 6.05. The van der Waals surface area contributed by atoms with Crippen LogP contribution in [0.5, 0.6) is 0 Å². The lowest BCUT2D eigenvalue weighted by Gasteiger charge is -2.30. The first-order valence-electron chi connectivity index (χ1n) is 22.5. The van der Waals surface area contributed by atoms with Crippen LogP contribution in [0.2, 0.25) is 0 Å². The second kappa shape index (κ2) is 18.0. The standard InChI is InChI=1S/C49H60F2N6O6/c1-27(2)43(54-47(60)62-5)45(58)56-25-33(50)19-41(56)39-17-31(23-52-39)29-9-11-30(12-10-29)35-13-14-36(38-22-49(21-37(35)38)15-7-8-16-49)32-18-40(53-24-32)42-20-34(51)26-57(42)46(59)44(28(3)4)55-48(61)63-6/h9-14,23-24,27-28,33-34,41-44H,7-8,15-22,25-26H2,1-6H3,(H,54,60)(H,55,61)/t33-,34-,41+,42+,43+,44+/m1/s1. The summed E-state index contributed by atoms with van der Waals surface area (Å²) in [4.78, 5) is 64.3. The third-order valence-corrected chi connectivity index (χ3v) is 14.2. The number of hydrogen-bond donors (Lipinski definition) is 2. The molecule has 3 fully saturated rings. The Hall–Kier alpha value is -5.40. The summed E-state index contributed by atoms with van der Waals surface area (Å²) in [7, 11) is 2.50. The van der Waals surface area contributed by atoms with Crippen LogP contribution in [0.4, 0.5) is 18.4 Å². The van der Waals surface area contributed by atoms with Gasteiger partial charge in [0.15, 0.2) is 0 Å². The predicted molar refractivity (Wildman–Crippen MR) is 239 cm³/mol. The molecule has 14 heteroatoms. The van der Waals surface area contributed by atoms with Crippen LogP contribution in [0.3, 0.4) is 0 Å². The summed E-state index contributed by atoms with van der Waals surface area (Å²) in [6.07, 6.45) is 8.12. The van der Waals surface area contributed by atoms with Gasteiger partial charge in [-0.1, -0.05) is 76.9 Å². The number of likely N-dealkylation sites (tertiary alicyclic amines) is 2. The molecule has 2 saturated heterocycles. The van der Waals surface area contributed by atoms with Gasteiger partial charge in [0.25, 0.3) is 0 Å². The molecule has 2 aliphatic carbocycles. The maximum absolute atomic E-state index is 15.1. The first kappa shape index (κ1) is 44.2. The van der Waals surface area contributed by atoms with Crippen molar-refractivity contribution in [3.8, 4) is 11.1 Å². The average molecular weight is 867 g/mol. The molecule has 2 aromatic rings. The number of alkyl carbamates (subject to hydrolysis) is 2. The maximum atomic E-state index is 15.1. The van der Waals surface area contributed by atoms with E-state index in [-0.39, 0.29) is 55.0 Å². The van der Waals surface area contributed by atoms with E-state index in [0.29, 0.717) is 12.8 Å². The van der Waals surface area contributed by atoms with Gasteiger partial charge in [-0.05, 0) is 87.5 Å². The lowest BCUT2D eigenvalue weighted by Crippen LogP contribution is -2.53. The van der Waals surface area contributed by atoms with Crippen LogP contribution in [-0.4, -0.2) is 109 Å². The Kier molecular flexibility index (Phi) is 12.6. The number of nitrogens with one attached hydrogen (secondary N) is 2. The molecule has 1 saturated carbocycles. The molecule has 4 heterocycles. The number of aliphatic imine (C=N–C) groups is 2. The van der Waals surface area contributed by atoms with Gasteiger partial charge in [-0.25, -0.2) is 18.4 Å². The molecule has 63 heavy (non-hydrogen) atoms. The molecular formula is C49H60F2N6O6. The molecule has 1 spiro atoms. The lowest BCUT2D eigenvalue weighted by molar-refractivity contribution is -0.135. The molecule has 2 N–H and O–H groups in total. The molecule has 4 amide bonds. The number of rotatable bonds is 11. The Labute approximate surface area is 368 Å². The summed E-state index contributed by atoms with van der Waals surface area (Å²) in [5.74, 6) is -1.12. The predicted octanol–water partition coefficient (Wildman–Crippen LogP) is 8.02. The Morgan fingerprint density at radius 1 is 0.667 bits per heavy atom. The van der Waals surface area contributed by atoms with E-state index < -0.39 is 48.7 Å². The molecule has 4 aliphatic heterocycles. The van der Waals surface area contributed by atoms with Crippen LogP contribution in [0.1, 0.15) is 101 Å². The molecule has 0 radical (unpaired) electrons. The number of benzene rings is 2. The van der Waals surface area contributed by atoms with Crippen molar-refractivity contribution < 1.29 is 37.4 Å². The topological polar surface area (TPSA) is 142 Å². The average Bonchev–Trinajstić information content (AvgIpc) is 4.14. The molecule has 0 aromatic heterocycles. The van der Waals surface area contributed by atoms with Crippen LogP contribution < -0.4 is 10.6 Å². The third kappa shape index (κ3) is 8.78. The number of carbonyl (C=O) groups is 4. The normalized spacial score (nSPS) is 24.6. The van der Waals surface area contributed by atoms with Crippen molar-refractivity contribution in [2.24, 2.45) is 27.2 Å². The van der Waals surface area contributed by atoms with E-state index in [1.165, 1.54) is 67.1 Å². The number of fused-ring (bicyclic) bond motifs is 1. The van der Waals surface area contributed by atoms with Gasteiger partial charge < -0.3 is 29.9 Å². The molecule has 0 bridgehead atoms. The Balaban J connectivity index is 0.983. The molecule has 8 rings (SSSR count). The highest BCUT2D eigenvalue weighted by Gasteiger charge is 2.46. The largest absolute Gasteiger partial charge is 0.453 e. The van der Waals surface area contributed by atoms with Gasteiger partial charge in [-0.3, -0.25) is 19.6 Å². The molecule has 12 nitrogen and oxygen atoms in total. The fraction of sp³-hybridized carbons (Fsp3) is 0.551. The number of ether oxygens (including phenoxy) is 2. The number of nitrogens with zero attached hydrogens (tertiary/aromatic N) is 4. The van der Waals surface area contributed by atoms with E-state index in [1.807, 2.05) is 40.1 Å². The van der Waals surface area contributed by atoms with Crippen LogP contribution >= 0.6 is 0 Å². The van der Waals surface area contributed by atoms with Crippen molar-refractivity contribution in [1.29, 1.82) is 0 Å². The lowest BCUT2D eigenvalue weighted by atomic mass is 9.82. The molecule has 336 valence electrons. The molecule has 0 unspecified atom stereocenters. The monoisotopic (exact) mass is 866 g/mol. The van der Waals surface area contributed by atoms with Gasteiger partial charge in [0, 0.05) is 49.5 Å². The second-order valence-electron chi connectivity index (χ2n) is 19.1. The van der Waals surface area contributed by atoms with E-state index >= 15 is 4.39 Å². The Morgan fingerprint density at radius 3 is 1.60 bits per heavy atom. The number of methoxy groups -OCH3 is 2. The Morgan fingerprint density at radius 2 is 1.11 bits per heavy atom. The molecule has 6 aliphatic rings. The van der Waals surface area contributed by atoms with Gasteiger partial charge in [0.1, 0.15) is 24.4 Å². The zero-order chi connectivity index (χ0) is 44.7. The summed E-state index contributed by atoms with van der Waals surface area (Å²) >= 11 is 0. The summed E-state index contributed by atoms with van der Waals surface area (Å²) in [5, 5.41) is 5.28. The van der Waals surface area contributed by atoms with Crippen molar-refractivity contribution in [1.82, 2.24) is 20.4 Å². The number of amides is 4. The van der Waals surface area contributed by atoms with Gasteiger partial charge in [-0.15, -0.1) is 0 Å². The summed E-state index contributed by atoms with van der Waals surface area (Å²) < 4.78 is 39.6. The third-order valence-electron chi connectivity index (χ3n) is 14.2. The summed E-state index contributed by atoms with van der Waals surface area (Å²) in [5.41, 5.74) is 11.0. The second-order valence-corrected chi connectivity index (χ2v) is 19.1. The number of carbonyl (C=O) groups excluding carboxylic acids is 4. The highest BCUT2D eigenvalue weighted by Crippen LogP contribution is 2.53. The zero-order valence-corrected chi connectivity index (χ0v) is 37.2. The molecular weight excluding hydrogens is 807 g/mol. The van der Waals surface area contributed by atoms with E-state index in [9.17, 15) is 23.6 Å². The van der Waals surface area contributed by atoms with E-state index in [0.717, 1.165) is 46.5 Å². The number of allylic oxidation sites excluding steroid dienone is 2. The van der Waals surface area contributed by atoms with Crippen LogP contribution in [0.25, 0.3) is 22.3 Å². The Bertz CT molecular complexity index is 2260. The zero-order valence-electron chi connectivity index (χ0n) is 37.2. The van der Waals surface area contributed by atoms with Gasteiger partial charge in [-0.2, -0.15) is 0 Å². The minimum Gasteiger partial charge on any atom is -0.453 e. The minimum atomic E-state index is -1.19. The van der Waals surface area contributed by atoms with Crippen molar-refractivity contribution in [2.45, 2.75) is 128 Å². The van der Waals surface area contributed by atoms with E-state index in [4.69, 9.17) is 19.5 Å². The fourth-order valence-electron chi connectivity index (χ4n) is 10.9. The van der Waals surface area contributed by atoms with Gasteiger partial charge >= 0.3 is 12.2 Å². The van der Waals surface area contributed by atoms with Crippen LogP contribution in [0, 0.1) is 17.3 Å². The van der Waals surface area contributed by atoms with Crippen molar-refractivity contribution in [3.05, 3.63) is 71.1 Å².